The zero-order valence-electron chi connectivity index (χ0n) is 27.1. The fraction of sp³-hybridized carbons (Fsp3) is 0.316. The summed E-state index contributed by atoms with van der Waals surface area (Å²) in [5.74, 6) is 2.38. The summed E-state index contributed by atoms with van der Waals surface area (Å²) in [4.78, 5) is 28.0. The van der Waals surface area contributed by atoms with Gasteiger partial charge in [0, 0.05) is 22.9 Å². The van der Waals surface area contributed by atoms with E-state index < -0.39 is 0 Å². The van der Waals surface area contributed by atoms with Crippen molar-refractivity contribution in [3.63, 3.8) is 0 Å². The van der Waals surface area contributed by atoms with Gasteiger partial charge < -0.3 is 20.1 Å². The summed E-state index contributed by atoms with van der Waals surface area (Å²) in [6, 6.07) is 30.7. The number of benzene rings is 4. The third-order valence-electron chi connectivity index (χ3n) is 7.70. The summed E-state index contributed by atoms with van der Waals surface area (Å²) in [5.41, 5.74) is 3.17. The van der Waals surface area contributed by atoms with Crippen LogP contribution < -0.4 is 20.1 Å². The normalized spacial score (nSPS) is 12.2. The summed E-state index contributed by atoms with van der Waals surface area (Å²) in [5, 5.41) is 6.08. The van der Waals surface area contributed by atoms with E-state index in [0.29, 0.717) is 49.3 Å². The van der Waals surface area contributed by atoms with Crippen LogP contribution in [0.25, 0.3) is 0 Å². The van der Waals surface area contributed by atoms with Gasteiger partial charge in [-0.3, -0.25) is 9.59 Å². The van der Waals surface area contributed by atoms with E-state index >= 15 is 0 Å². The van der Waals surface area contributed by atoms with E-state index in [1.807, 2.05) is 97.1 Å². The van der Waals surface area contributed by atoms with E-state index in [9.17, 15) is 9.59 Å². The predicted octanol–water partition coefficient (Wildman–Crippen LogP) is 9.20. The van der Waals surface area contributed by atoms with Gasteiger partial charge in [0.15, 0.2) is 0 Å². The molecule has 2 amide bonds. The molecule has 0 fully saturated rings. The minimum absolute atomic E-state index is 0.150. The highest BCUT2D eigenvalue weighted by atomic mass is 33.1. The highest BCUT2D eigenvalue weighted by Gasteiger charge is 2.16. The van der Waals surface area contributed by atoms with Crippen LogP contribution in [0.2, 0.25) is 0 Å². The van der Waals surface area contributed by atoms with Gasteiger partial charge >= 0.3 is 0 Å². The Balaban J connectivity index is 1.31. The molecule has 4 aromatic rings. The van der Waals surface area contributed by atoms with Gasteiger partial charge in [0.25, 0.3) is 11.8 Å². The average Bonchev–Trinajstić information content (AvgIpc) is 3.10. The Morgan fingerprint density at radius 1 is 0.587 bits per heavy atom. The van der Waals surface area contributed by atoms with E-state index in [-0.39, 0.29) is 11.8 Å². The maximum absolute atomic E-state index is 13.2. The lowest BCUT2D eigenvalue weighted by atomic mass is 10.1. The molecule has 0 aliphatic carbocycles. The largest absolute Gasteiger partial charge is 0.493 e. The number of amides is 2. The molecule has 0 radical (unpaired) electrons. The zero-order valence-corrected chi connectivity index (χ0v) is 28.7. The Kier molecular flexibility index (Phi) is 13.9. The molecule has 8 heteroatoms. The molecule has 2 atom stereocenters. The van der Waals surface area contributed by atoms with Crippen molar-refractivity contribution in [3.05, 3.63) is 119 Å². The Bertz CT molecular complexity index is 1430. The van der Waals surface area contributed by atoms with Crippen LogP contribution in [-0.2, 0) is 13.1 Å². The van der Waals surface area contributed by atoms with Gasteiger partial charge in [-0.1, -0.05) is 111 Å². The summed E-state index contributed by atoms with van der Waals surface area (Å²) in [6.07, 6.45) is 2.16. The smallest absolute Gasteiger partial charge is 0.252 e. The maximum atomic E-state index is 13.2. The van der Waals surface area contributed by atoms with Crippen LogP contribution in [0.4, 0.5) is 0 Å². The molecule has 0 aliphatic rings. The van der Waals surface area contributed by atoms with Gasteiger partial charge in [-0.25, -0.2) is 0 Å². The van der Waals surface area contributed by atoms with E-state index in [4.69, 9.17) is 9.47 Å². The fourth-order valence-corrected chi connectivity index (χ4v) is 6.58. The molecule has 242 valence electrons. The first-order chi connectivity index (χ1) is 22.4. The molecule has 6 nitrogen and oxygen atoms in total. The quantitative estimate of drug-likeness (QED) is 0.110. The highest BCUT2D eigenvalue weighted by Crippen LogP contribution is 2.40. The van der Waals surface area contributed by atoms with Crippen molar-refractivity contribution in [2.24, 2.45) is 11.8 Å². The second-order valence-corrected chi connectivity index (χ2v) is 13.7. The van der Waals surface area contributed by atoms with Crippen LogP contribution in [0.3, 0.4) is 0 Å². The standard InChI is InChI=1S/C38H44N2O4S2/c1-5-27(3)25-43-31-19-15-29(16-20-31)23-39-37(41)33-11-7-9-13-35(33)45-46-36-14-10-8-12-34(36)38(42)40-24-30-17-21-32(22-18-30)44-26-28(4)6-2/h7-22,27-28H,5-6,23-26H2,1-4H3,(H,39,41)(H,40,42). The number of carbonyl (C=O) groups excluding carboxylic acids is 2. The molecule has 4 rings (SSSR count). The number of ether oxygens (including phenoxy) is 2. The van der Waals surface area contributed by atoms with Gasteiger partial charge in [0.1, 0.15) is 11.5 Å². The molecule has 2 N–H and O–H groups in total. The molecule has 0 aliphatic heterocycles. The molecule has 0 saturated carbocycles. The van der Waals surface area contributed by atoms with Crippen molar-refractivity contribution in [2.75, 3.05) is 13.2 Å². The number of carbonyl (C=O) groups is 2. The lowest BCUT2D eigenvalue weighted by molar-refractivity contribution is 0.0940. The minimum atomic E-state index is -0.150. The predicted molar refractivity (Wildman–Crippen MR) is 190 cm³/mol. The second-order valence-electron chi connectivity index (χ2n) is 11.5. The van der Waals surface area contributed by atoms with Crippen molar-refractivity contribution >= 4 is 33.4 Å². The molecule has 0 heterocycles. The molecule has 0 aromatic heterocycles. The molecule has 0 spiro atoms. The minimum Gasteiger partial charge on any atom is -0.493 e. The fourth-order valence-electron chi connectivity index (χ4n) is 4.22. The van der Waals surface area contributed by atoms with Crippen LogP contribution in [0.5, 0.6) is 11.5 Å². The van der Waals surface area contributed by atoms with Crippen LogP contribution in [0.1, 0.15) is 72.4 Å². The lowest BCUT2D eigenvalue weighted by Gasteiger charge is -2.13. The highest BCUT2D eigenvalue weighted by molar-refractivity contribution is 8.76. The SMILES string of the molecule is CCC(C)COc1ccc(CNC(=O)c2ccccc2SSc2ccccc2C(=O)NCc2ccc(OCC(C)CC)cc2)cc1. The molecule has 0 bridgehead atoms. The van der Waals surface area contributed by atoms with Crippen molar-refractivity contribution in [2.45, 2.75) is 63.4 Å². The first kappa shape index (κ1) is 35.0. The summed E-state index contributed by atoms with van der Waals surface area (Å²) < 4.78 is 11.7. The van der Waals surface area contributed by atoms with Gasteiger partial charge in [-0.05, 0) is 71.5 Å². The molecule has 0 saturated heterocycles. The van der Waals surface area contributed by atoms with E-state index in [1.54, 1.807) is 0 Å². The van der Waals surface area contributed by atoms with E-state index in [0.717, 1.165) is 45.3 Å². The summed E-state index contributed by atoms with van der Waals surface area (Å²) in [7, 11) is 2.93. The Labute approximate surface area is 281 Å². The van der Waals surface area contributed by atoms with Gasteiger partial charge in [0.2, 0.25) is 0 Å². The summed E-state index contributed by atoms with van der Waals surface area (Å²) >= 11 is 0. The second kappa shape index (κ2) is 18.3. The van der Waals surface area contributed by atoms with Gasteiger partial charge in [-0.2, -0.15) is 0 Å². The topological polar surface area (TPSA) is 76.7 Å². The molecular weight excluding hydrogens is 613 g/mol. The van der Waals surface area contributed by atoms with Crippen LogP contribution in [-0.4, -0.2) is 25.0 Å². The zero-order chi connectivity index (χ0) is 32.7. The van der Waals surface area contributed by atoms with Crippen molar-refractivity contribution in [1.29, 1.82) is 0 Å². The number of hydrogen-bond donors (Lipinski definition) is 2. The molecule has 4 aromatic carbocycles. The third-order valence-corrected chi connectivity index (χ3v) is 10.2. The molecule has 2 unspecified atom stereocenters. The Morgan fingerprint density at radius 3 is 1.33 bits per heavy atom. The Morgan fingerprint density at radius 2 is 0.957 bits per heavy atom. The molecular formula is C38H44N2O4S2. The Hall–Kier alpha value is -3.88. The van der Waals surface area contributed by atoms with Gasteiger partial charge in [0.05, 0.1) is 24.3 Å². The van der Waals surface area contributed by atoms with Crippen molar-refractivity contribution < 1.29 is 19.1 Å². The number of hydrogen-bond acceptors (Lipinski definition) is 6. The first-order valence-corrected chi connectivity index (χ1v) is 18.0. The van der Waals surface area contributed by atoms with E-state index in [2.05, 4.69) is 38.3 Å². The van der Waals surface area contributed by atoms with E-state index in [1.165, 1.54) is 21.6 Å². The third kappa shape index (κ3) is 10.9. The first-order valence-electron chi connectivity index (χ1n) is 15.9. The average molecular weight is 657 g/mol. The van der Waals surface area contributed by atoms with Crippen LogP contribution in [0, 0.1) is 11.8 Å². The van der Waals surface area contributed by atoms with Crippen molar-refractivity contribution in [1.82, 2.24) is 10.6 Å². The van der Waals surface area contributed by atoms with Crippen LogP contribution in [0.15, 0.2) is 107 Å². The van der Waals surface area contributed by atoms with Crippen molar-refractivity contribution in [3.8, 4) is 11.5 Å². The maximum Gasteiger partial charge on any atom is 0.252 e. The lowest BCUT2D eigenvalue weighted by Crippen LogP contribution is -2.23. The molecule has 46 heavy (non-hydrogen) atoms. The summed E-state index contributed by atoms with van der Waals surface area (Å²) in [6.45, 7) is 10.8. The van der Waals surface area contributed by atoms with Gasteiger partial charge in [-0.15, -0.1) is 0 Å². The monoisotopic (exact) mass is 656 g/mol. The number of nitrogens with one attached hydrogen (secondary N) is 2. The van der Waals surface area contributed by atoms with Crippen LogP contribution >= 0.6 is 21.6 Å². The number of rotatable bonds is 17.